The molecule has 1 aromatic heterocycles. The van der Waals surface area contributed by atoms with Crippen molar-refractivity contribution in [2.75, 3.05) is 5.43 Å². The number of nitrogens with one attached hydrogen (secondary N) is 2. The lowest BCUT2D eigenvalue weighted by Crippen LogP contribution is -2.43. The lowest BCUT2D eigenvalue weighted by Gasteiger charge is -2.20. The quantitative estimate of drug-likeness (QED) is 0.597. The highest BCUT2D eigenvalue weighted by molar-refractivity contribution is 5.82. The van der Waals surface area contributed by atoms with Crippen LogP contribution < -0.4 is 22.1 Å². The zero-order valence-corrected chi connectivity index (χ0v) is 12.0. The number of carbonyl (C=O) groups is 1. The van der Waals surface area contributed by atoms with Crippen LogP contribution in [0.2, 0.25) is 0 Å². The van der Waals surface area contributed by atoms with Gasteiger partial charge in [0.25, 0.3) is 5.56 Å². The van der Waals surface area contributed by atoms with Crippen molar-refractivity contribution in [2.24, 2.45) is 24.7 Å². The minimum Gasteiger partial charge on any atom is -0.281 e. The van der Waals surface area contributed by atoms with Gasteiger partial charge in [-0.15, -0.1) is 4.91 Å². The molecule has 0 atom stereocenters. The first-order valence-corrected chi connectivity index (χ1v) is 5.81. The van der Waals surface area contributed by atoms with E-state index in [9.17, 15) is 19.3 Å². The van der Waals surface area contributed by atoms with E-state index in [0.29, 0.717) is 0 Å². The van der Waals surface area contributed by atoms with E-state index in [4.69, 9.17) is 0 Å². The van der Waals surface area contributed by atoms with Crippen LogP contribution in [0.1, 0.15) is 20.8 Å². The number of anilines is 1. The van der Waals surface area contributed by atoms with Gasteiger partial charge in [-0.3, -0.25) is 29.6 Å². The molecule has 0 unspecified atom stereocenters. The molecule has 9 nitrogen and oxygen atoms in total. The predicted octanol–water partition coefficient (Wildman–Crippen LogP) is -0.0289. The fourth-order valence-corrected chi connectivity index (χ4v) is 1.36. The molecule has 0 bridgehead atoms. The smallest absolute Gasteiger partial charge is 0.281 e. The van der Waals surface area contributed by atoms with Crippen LogP contribution in [0.25, 0.3) is 0 Å². The first-order valence-electron chi connectivity index (χ1n) is 5.81. The Morgan fingerprint density at radius 2 is 1.70 bits per heavy atom. The molecule has 9 heteroatoms. The number of aromatic nitrogens is 2. The van der Waals surface area contributed by atoms with Gasteiger partial charge in [-0.1, -0.05) is 20.8 Å². The van der Waals surface area contributed by atoms with Crippen molar-refractivity contribution in [3.05, 3.63) is 25.7 Å². The zero-order chi connectivity index (χ0) is 15.7. The van der Waals surface area contributed by atoms with Crippen molar-refractivity contribution in [3.8, 4) is 0 Å². The summed E-state index contributed by atoms with van der Waals surface area (Å²) in [6, 6.07) is 0. The average Bonchev–Trinajstić information content (AvgIpc) is 2.37. The van der Waals surface area contributed by atoms with Crippen molar-refractivity contribution in [1.29, 1.82) is 0 Å². The SMILES string of the molecule is Cn1c(NNC(=O)C(C)(C)C)c(N=O)c(=O)n(C)c1=O. The molecule has 1 amide bonds. The zero-order valence-electron chi connectivity index (χ0n) is 12.0. The number of rotatable bonds is 3. The molecule has 0 spiro atoms. The van der Waals surface area contributed by atoms with Gasteiger partial charge in [-0.2, -0.15) is 0 Å². The Morgan fingerprint density at radius 1 is 1.15 bits per heavy atom. The minimum atomic E-state index is -0.837. The summed E-state index contributed by atoms with van der Waals surface area (Å²) in [5.41, 5.74) is 2.09. The molecule has 0 aromatic carbocycles. The molecule has 0 aliphatic carbocycles. The number of nitroso groups, excluding NO2 is 1. The fourth-order valence-electron chi connectivity index (χ4n) is 1.36. The van der Waals surface area contributed by atoms with Gasteiger partial charge < -0.3 is 0 Å². The molecule has 0 saturated heterocycles. The van der Waals surface area contributed by atoms with Crippen molar-refractivity contribution in [3.63, 3.8) is 0 Å². The monoisotopic (exact) mass is 283 g/mol. The summed E-state index contributed by atoms with van der Waals surface area (Å²) in [6.07, 6.45) is 0. The molecule has 2 N–H and O–H groups in total. The van der Waals surface area contributed by atoms with Crippen LogP contribution in [-0.2, 0) is 18.9 Å². The molecule has 0 fully saturated rings. The van der Waals surface area contributed by atoms with Gasteiger partial charge in [-0.25, -0.2) is 4.79 Å². The van der Waals surface area contributed by atoms with Crippen molar-refractivity contribution in [2.45, 2.75) is 20.8 Å². The molecular formula is C11H17N5O4. The summed E-state index contributed by atoms with van der Waals surface area (Å²) in [5, 5.41) is 2.62. The van der Waals surface area contributed by atoms with Gasteiger partial charge in [0, 0.05) is 19.5 Å². The first kappa shape index (κ1) is 15.6. The Labute approximate surface area is 114 Å². The Morgan fingerprint density at radius 3 is 2.15 bits per heavy atom. The average molecular weight is 283 g/mol. The number of hydrogen-bond donors (Lipinski definition) is 2. The first-order chi connectivity index (χ1) is 9.11. The topological polar surface area (TPSA) is 115 Å². The third-order valence-electron chi connectivity index (χ3n) is 2.71. The van der Waals surface area contributed by atoms with E-state index in [1.165, 1.54) is 14.1 Å². The number of hydrazine groups is 1. The maximum absolute atomic E-state index is 11.7. The standard InChI is InChI=1S/C11H17N5O4/c1-11(2,3)9(18)13-12-7-6(14-20)8(17)16(5)10(19)15(7)4/h12H,1-5H3,(H,13,18). The second-order valence-electron chi connectivity index (χ2n) is 5.32. The molecule has 0 saturated carbocycles. The van der Waals surface area contributed by atoms with Crippen LogP contribution in [-0.4, -0.2) is 15.0 Å². The van der Waals surface area contributed by atoms with Crippen LogP contribution in [0.3, 0.4) is 0 Å². The predicted molar refractivity (Wildman–Crippen MR) is 73.6 cm³/mol. The van der Waals surface area contributed by atoms with Crippen molar-refractivity contribution < 1.29 is 4.79 Å². The van der Waals surface area contributed by atoms with E-state index in [1.807, 2.05) is 0 Å². The Balaban J connectivity index is 3.27. The summed E-state index contributed by atoms with van der Waals surface area (Å²) in [6.45, 7) is 5.06. The summed E-state index contributed by atoms with van der Waals surface area (Å²) in [7, 11) is 2.58. The molecule has 0 aliphatic rings. The summed E-state index contributed by atoms with van der Waals surface area (Å²) < 4.78 is 1.77. The van der Waals surface area contributed by atoms with Crippen LogP contribution in [0.4, 0.5) is 11.5 Å². The van der Waals surface area contributed by atoms with Gasteiger partial charge in [0.2, 0.25) is 11.6 Å². The van der Waals surface area contributed by atoms with Crippen molar-refractivity contribution in [1.82, 2.24) is 14.6 Å². The lowest BCUT2D eigenvalue weighted by molar-refractivity contribution is -0.127. The second kappa shape index (κ2) is 5.27. The fraction of sp³-hybridized carbons (Fsp3) is 0.545. The molecule has 110 valence electrons. The maximum Gasteiger partial charge on any atom is 0.332 e. The molecule has 20 heavy (non-hydrogen) atoms. The summed E-state index contributed by atoms with van der Waals surface area (Å²) in [5.74, 6) is -0.534. The van der Waals surface area contributed by atoms with Crippen molar-refractivity contribution >= 4 is 17.4 Å². The number of carbonyl (C=O) groups excluding carboxylic acids is 1. The Kier molecular flexibility index (Phi) is 4.11. The van der Waals surface area contributed by atoms with E-state index < -0.39 is 22.4 Å². The molecular weight excluding hydrogens is 266 g/mol. The number of nitrogens with zero attached hydrogens (tertiary/aromatic N) is 3. The maximum atomic E-state index is 11.7. The van der Waals surface area contributed by atoms with Gasteiger partial charge in [0.05, 0.1) is 0 Å². The Hall–Kier alpha value is -2.45. The number of hydrogen-bond acceptors (Lipinski definition) is 6. The van der Waals surface area contributed by atoms with Crippen LogP contribution in [0, 0.1) is 10.3 Å². The highest BCUT2D eigenvalue weighted by Gasteiger charge is 2.22. The number of amides is 1. The highest BCUT2D eigenvalue weighted by atomic mass is 16.3. The minimum absolute atomic E-state index is 0.161. The van der Waals surface area contributed by atoms with E-state index in [1.54, 1.807) is 20.8 Å². The Bertz CT molecular complexity index is 665. The van der Waals surface area contributed by atoms with E-state index in [-0.39, 0.29) is 11.7 Å². The summed E-state index contributed by atoms with van der Waals surface area (Å²) >= 11 is 0. The van der Waals surface area contributed by atoms with Crippen LogP contribution in [0.5, 0.6) is 0 Å². The summed E-state index contributed by atoms with van der Waals surface area (Å²) in [4.78, 5) is 46.0. The van der Waals surface area contributed by atoms with Gasteiger partial charge in [0.15, 0.2) is 5.82 Å². The lowest BCUT2D eigenvalue weighted by atomic mass is 9.96. The van der Waals surface area contributed by atoms with E-state index >= 15 is 0 Å². The van der Waals surface area contributed by atoms with Gasteiger partial charge in [0.1, 0.15) is 0 Å². The largest absolute Gasteiger partial charge is 0.332 e. The van der Waals surface area contributed by atoms with Crippen LogP contribution >= 0.6 is 0 Å². The van der Waals surface area contributed by atoms with Gasteiger partial charge in [-0.05, 0) is 5.18 Å². The molecule has 1 aromatic rings. The molecule has 0 radical (unpaired) electrons. The van der Waals surface area contributed by atoms with E-state index in [0.717, 1.165) is 9.13 Å². The molecule has 1 heterocycles. The van der Waals surface area contributed by atoms with Crippen LogP contribution in [0.15, 0.2) is 14.8 Å². The second-order valence-corrected chi connectivity index (χ2v) is 5.32. The van der Waals surface area contributed by atoms with Gasteiger partial charge >= 0.3 is 5.69 Å². The molecule has 0 aliphatic heterocycles. The molecule has 1 rings (SSSR count). The normalized spacial score (nSPS) is 11.1. The highest BCUT2D eigenvalue weighted by Crippen LogP contribution is 2.17. The van der Waals surface area contributed by atoms with E-state index in [2.05, 4.69) is 16.0 Å². The third-order valence-corrected chi connectivity index (χ3v) is 2.71. The third kappa shape index (κ3) is 2.76.